The summed E-state index contributed by atoms with van der Waals surface area (Å²) >= 11 is 1.27. The zero-order chi connectivity index (χ0) is 15.8. The largest absolute Gasteiger partial charge is 0.410 e. The van der Waals surface area contributed by atoms with Crippen molar-refractivity contribution < 1.29 is 18.8 Å². The van der Waals surface area contributed by atoms with Crippen molar-refractivity contribution in [2.24, 2.45) is 0 Å². The van der Waals surface area contributed by atoms with Crippen LogP contribution in [0, 0.1) is 0 Å². The van der Waals surface area contributed by atoms with E-state index in [-0.39, 0.29) is 17.2 Å². The van der Waals surface area contributed by atoms with Gasteiger partial charge < -0.3 is 19.4 Å². The second-order valence-corrected chi connectivity index (χ2v) is 6.28. The second kappa shape index (κ2) is 9.01. The molecule has 0 bridgehead atoms. The van der Waals surface area contributed by atoms with Gasteiger partial charge in [-0.15, -0.1) is 10.2 Å². The van der Waals surface area contributed by atoms with Gasteiger partial charge in [-0.1, -0.05) is 18.7 Å². The van der Waals surface area contributed by atoms with Gasteiger partial charge in [0.15, 0.2) is 6.04 Å². The van der Waals surface area contributed by atoms with Gasteiger partial charge in [-0.25, -0.2) is 0 Å². The first kappa shape index (κ1) is 17.9. The molecule has 0 saturated carbocycles. The Hall–Kier alpha value is -1.12. The quantitative estimate of drug-likeness (QED) is 0.489. The third-order valence-electron chi connectivity index (χ3n) is 3.08. The lowest BCUT2D eigenvalue weighted by Gasteiger charge is -2.15. The van der Waals surface area contributed by atoms with Gasteiger partial charge >= 0.3 is 0 Å². The molecule has 2 atom stereocenters. The first-order chi connectivity index (χ1) is 9.99. The number of nitrogens with zero attached hydrogens (tertiary/aromatic N) is 2. The van der Waals surface area contributed by atoms with Gasteiger partial charge in [0, 0.05) is 20.1 Å². The summed E-state index contributed by atoms with van der Waals surface area (Å²) in [7, 11) is 5.70. The van der Waals surface area contributed by atoms with Crippen LogP contribution in [-0.2, 0) is 9.53 Å². The number of methoxy groups -OCH3 is 1. The molecule has 0 radical (unpaired) electrons. The monoisotopic (exact) mass is 317 g/mol. The van der Waals surface area contributed by atoms with Crippen LogP contribution >= 0.6 is 11.8 Å². The molecule has 1 amide bonds. The number of nitrogens with one attached hydrogen (secondary N) is 2. The fourth-order valence-electron chi connectivity index (χ4n) is 1.86. The highest BCUT2D eigenvalue weighted by Gasteiger charge is 2.24. The van der Waals surface area contributed by atoms with Crippen LogP contribution in [-0.4, -0.2) is 55.7 Å². The summed E-state index contributed by atoms with van der Waals surface area (Å²) in [6.45, 7) is 4.89. The predicted octanol–water partition coefficient (Wildman–Crippen LogP) is -0.0916. The minimum absolute atomic E-state index is 0.0675. The van der Waals surface area contributed by atoms with Gasteiger partial charge in [0.05, 0.1) is 26.0 Å². The van der Waals surface area contributed by atoms with E-state index in [1.165, 1.54) is 16.7 Å². The molecule has 0 aromatic carbocycles. The lowest BCUT2D eigenvalue weighted by atomic mass is 10.2. The minimum atomic E-state index is -0.290. The van der Waals surface area contributed by atoms with E-state index < -0.39 is 0 Å². The molecular weight excluding hydrogens is 292 g/mol. The molecule has 2 N–H and O–H groups in total. The third-order valence-corrected chi connectivity index (χ3v) is 4.01. The van der Waals surface area contributed by atoms with Crippen molar-refractivity contribution >= 4 is 17.7 Å². The SMILES string of the molecule is CC[C@H](c1nnc(S[C@@H](C)C(=O)NCCOC)o1)[NH+](C)C. The van der Waals surface area contributed by atoms with Gasteiger partial charge in [-0.3, -0.25) is 4.79 Å². The molecule has 1 aromatic rings. The Kier molecular flexibility index (Phi) is 7.69. The summed E-state index contributed by atoms with van der Waals surface area (Å²) in [5.41, 5.74) is 0. The zero-order valence-corrected chi connectivity index (χ0v) is 14.1. The van der Waals surface area contributed by atoms with E-state index in [9.17, 15) is 4.79 Å². The molecule has 8 heteroatoms. The van der Waals surface area contributed by atoms with Crippen molar-refractivity contribution in [3.8, 4) is 0 Å². The van der Waals surface area contributed by atoms with E-state index in [2.05, 4.69) is 36.5 Å². The summed E-state index contributed by atoms with van der Waals surface area (Å²) in [5, 5.41) is 11.0. The van der Waals surface area contributed by atoms with Crippen LogP contribution in [0.1, 0.15) is 32.2 Å². The van der Waals surface area contributed by atoms with E-state index >= 15 is 0 Å². The molecule has 1 rings (SSSR count). The fourth-order valence-corrected chi connectivity index (χ4v) is 2.58. The van der Waals surface area contributed by atoms with Gasteiger partial charge in [0.25, 0.3) is 11.1 Å². The molecule has 0 aliphatic rings. The van der Waals surface area contributed by atoms with E-state index in [1.54, 1.807) is 7.11 Å². The molecule has 21 heavy (non-hydrogen) atoms. The number of carbonyl (C=O) groups is 1. The Morgan fingerprint density at radius 1 is 1.48 bits per heavy atom. The van der Waals surface area contributed by atoms with Gasteiger partial charge in [0.1, 0.15) is 0 Å². The third kappa shape index (κ3) is 5.64. The molecule has 0 fully saturated rings. The highest BCUT2D eigenvalue weighted by Crippen LogP contribution is 2.23. The molecule has 1 heterocycles. The van der Waals surface area contributed by atoms with Crippen molar-refractivity contribution in [1.29, 1.82) is 0 Å². The first-order valence-electron chi connectivity index (χ1n) is 7.06. The van der Waals surface area contributed by atoms with Crippen LogP contribution in [0.3, 0.4) is 0 Å². The Balaban J connectivity index is 2.55. The van der Waals surface area contributed by atoms with Crippen LogP contribution in [0.4, 0.5) is 0 Å². The molecule has 0 saturated heterocycles. The van der Waals surface area contributed by atoms with E-state index in [0.29, 0.717) is 24.3 Å². The van der Waals surface area contributed by atoms with Gasteiger partial charge in [-0.2, -0.15) is 0 Å². The summed E-state index contributed by atoms with van der Waals surface area (Å²) in [5.74, 6) is 0.550. The number of thioether (sulfide) groups is 1. The molecule has 0 aliphatic heterocycles. The minimum Gasteiger partial charge on any atom is -0.410 e. The Bertz CT molecular complexity index is 439. The summed E-state index contributed by atoms with van der Waals surface area (Å²) < 4.78 is 10.5. The number of aromatic nitrogens is 2. The van der Waals surface area contributed by atoms with Gasteiger partial charge in [-0.05, 0) is 6.92 Å². The van der Waals surface area contributed by atoms with Crippen molar-refractivity contribution in [3.05, 3.63) is 5.89 Å². The number of amides is 1. The number of ether oxygens (including phenoxy) is 1. The van der Waals surface area contributed by atoms with E-state index in [4.69, 9.17) is 9.15 Å². The van der Waals surface area contributed by atoms with Crippen molar-refractivity contribution in [2.75, 3.05) is 34.4 Å². The highest BCUT2D eigenvalue weighted by molar-refractivity contribution is 8.00. The van der Waals surface area contributed by atoms with E-state index in [0.717, 1.165) is 6.42 Å². The normalized spacial score (nSPS) is 14.2. The maximum absolute atomic E-state index is 11.8. The smallest absolute Gasteiger partial charge is 0.277 e. The maximum atomic E-state index is 11.8. The van der Waals surface area contributed by atoms with Crippen molar-refractivity contribution in [3.63, 3.8) is 0 Å². The van der Waals surface area contributed by atoms with E-state index in [1.807, 2.05) is 6.92 Å². The van der Waals surface area contributed by atoms with Crippen LogP contribution in [0.5, 0.6) is 0 Å². The number of hydrogen-bond acceptors (Lipinski definition) is 6. The van der Waals surface area contributed by atoms with Crippen molar-refractivity contribution in [1.82, 2.24) is 15.5 Å². The number of carbonyl (C=O) groups excluding carboxylic acids is 1. The fraction of sp³-hybridized carbons (Fsp3) is 0.769. The summed E-state index contributed by atoms with van der Waals surface area (Å²) in [6, 6.07) is 0.178. The summed E-state index contributed by atoms with van der Waals surface area (Å²) in [6.07, 6.45) is 0.918. The van der Waals surface area contributed by atoms with Crippen molar-refractivity contribution in [2.45, 2.75) is 36.8 Å². The average molecular weight is 317 g/mol. The topological polar surface area (TPSA) is 81.7 Å². The summed E-state index contributed by atoms with van der Waals surface area (Å²) in [4.78, 5) is 13.1. The lowest BCUT2D eigenvalue weighted by molar-refractivity contribution is -0.894. The Morgan fingerprint density at radius 3 is 2.76 bits per heavy atom. The van der Waals surface area contributed by atoms with Gasteiger partial charge in [0.2, 0.25) is 5.91 Å². The predicted molar refractivity (Wildman–Crippen MR) is 80.3 cm³/mol. The van der Waals surface area contributed by atoms with Crippen LogP contribution < -0.4 is 10.2 Å². The number of rotatable bonds is 9. The average Bonchev–Trinajstić information content (AvgIpc) is 2.87. The Labute approximate surface area is 129 Å². The van der Waals surface area contributed by atoms with Crippen LogP contribution in [0.2, 0.25) is 0 Å². The standard InChI is InChI=1S/C13H24N4O3S/c1-6-10(17(3)4)12-15-16-13(20-12)21-9(2)11(18)14-7-8-19-5/h9-10H,6-8H2,1-5H3,(H,14,18)/p+1/t9-,10+/m0/s1. The molecule has 120 valence electrons. The molecule has 0 unspecified atom stereocenters. The second-order valence-electron chi connectivity index (χ2n) is 4.99. The number of quaternary nitrogens is 1. The molecule has 0 aliphatic carbocycles. The molecule has 1 aromatic heterocycles. The highest BCUT2D eigenvalue weighted by atomic mass is 32.2. The molecule has 0 spiro atoms. The van der Waals surface area contributed by atoms with Crippen LogP contribution in [0.25, 0.3) is 0 Å². The zero-order valence-electron chi connectivity index (χ0n) is 13.3. The first-order valence-corrected chi connectivity index (χ1v) is 7.94. The lowest BCUT2D eigenvalue weighted by Crippen LogP contribution is -3.06. The number of hydrogen-bond donors (Lipinski definition) is 2. The molecule has 7 nitrogen and oxygen atoms in total. The van der Waals surface area contributed by atoms with Crippen LogP contribution in [0.15, 0.2) is 9.64 Å². The maximum Gasteiger partial charge on any atom is 0.277 e. The Morgan fingerprint density at radius 2 is 2.19 bits per heavy atom. The molecular formula is C13H25N4O3S+.